The largest absolute Gasteiger partial charge is 0.294 e. The van der Waals surface area contributed by atoms with Crippen molar-refractivity contribution in [2.24, 2.45) is 0 Å². The maximum atomic E-state index is 13.2. The third-order valence-electron chi connectivity index (χ3n) is 2.39. The zero-order valence-electron chi connectivity index (χ0n) is 7.24. The van der Waals surface area contributed by atoms with Crippen molar-refractivity contribution in [1.29, 1.82) is 0 Å². The van der Waals surface area contributed by atoms with Crippen LogP contribution in [0.1, 0.15) is 28.8 Å². The van der Waals surface area contributed by atoms with Crippen molar-refractivity contribution in [2.45, 2.75) is 19.3 Å². The van der Waals surface area contributed by atoms with Crippen LogP contribution in [0.25, 0.3) is 0 Å². The molecular formula is C10H7F3O. The van der Waals surface area contributed by atoms with Crippen molar-refractivity contribution < 1.29 is 18.0 Å². The third-order valence-corrected chi connectivity index (χ3v) is 2.39. The van der Waals surface area contributed by atoms with Gasteiger partial charge in [-0.15, -0.1) is 0 Å². The molecule has 0 saturated carbocycles. The lowest BCUT2D eigenvalue weighted by molar-refractivity contribution is 0.0970. The molecule has 0 spiro atoms. The van der Waals surface area contributed by atoms with Gasteiger partial charge in [0.15, 0.2) is 23.2 Å². The SMILES string of the molecule is O=C1CCCc2c1cc(F)c(F)c2F. The maximum Gasteiger partial charge on any atom is 0.194 e. The molecule has 14 heavy (non-hydrogen) atoms. The highest BCUT2D eigenvalue weighted by molar-refractivity contribution is 5.98. The molecule has 0 bridgehead atoms. The monoisotopic (exact) mass is 200 g/mol. The number of ketones is 1. The number of carbonyl (C=O) groups is 1. The molecule has 0 radical (unpaired) electrons. The van der Waals surface area contributed by atoms with Gasteiger partial charge in [-0.05, 0) is 18.9 Å². The van der Waals surface area contributed by atoms with E-state index >= 15 is 0 Å². The van der Waals surface area contributed by atoms with Crippen LogP contribution < -0.4 is 0 Å². The first kappa shape index (κ1) is 9.24. The van der Waals surface area contributed by atoms with Crippen LogP contribution in [0.3, 0.4) is 0 Å². The van der Waals surface area contributed by atoms with Crippen LogP contribution >= 0.6 is 0 Å². The van der Waals surface area contributed by atoms with Gasteiger partial charge in [0.2, 0.25) is 0 Å². The van der Waals surface area contributed by atoms with E-state index in [2.05, 4.69) is 0 Å². The Bertz CT molecular complexity index is 412. The summed E-state index contributed by atoms with van der Waals surface area (Å²) in [6.07, 6.45) is 1.06. The zero-order valence-corrected chi connectivity index (χ0v) is 7.24. The van der Waals surface area contributed by atoms with Gasteiger partial charge < -0.3 is 0 Å². The average molecular weight is 200 g/mol. The van der Waals surface area contributed by atoms with Gasteiger partial charge in [0.05, 0.1) is 0 Å². The Kier molecular flexibility index (Phi) is 2.06. The first-order valence-electron chi connectivity index (χ1n) is 4.31. The lowest BCUT2D eigenvalue weighted by Crippen LogP contribution is -2.14. The highest BCUT2D eigenvalue weighted by Crippen LogP contribution is 2.26. The van der Waals surface area contributed by atoms with E-state index in [-0.39, 0.29) is 23.3 Å². The van der Waals surface area contributed by atoms with Crippen LogP contribution in [0.5, 0.6) is 0 Å². The van der Waals surface area contributed by atoms with E-state index in [1.165, 1.54) is 0 Å². The lowest BCUT2D eigenvalue weighted by Gasteiger charge is -2.15. The molecule has 0 heterocycles. The first-order valence-corrected chi connectivity index (χ1v) is 4.31. The number of fused-ring (bicyclic) bond motifs is 1. The quantitative estimate of drug-likeness (QED) is 0.588. The van der Waals surface area contributed by atoms with E-state index in [9.17, 15) is 18.0 Å². The predicted octanol–water partition coefficient (Wildman–Crippen LogP) is 2.62. The van der Waals surface area contributed by atoms with E-state index < -0.39 is 17.5 Å². The molecule has 0 unspecified atom stereocenters. The van der Waals surface area contributed by atoms with Crippen LogP contribution in [0.4, 0.5) is 13.2 Å². The summed E-state index contributed by atoms with van der Waals surface area (Å²) in [5, 5.41) is 0. The fraction of sp³-hybridized carbons (Fsp3) is 0.300. The van der Waals surface area contributed by atoms with Crippen molar-refractivity contribution in [1.82, 2.24) is 0 Å². The molecule has 1 aliphatic rings. The van der Waals surface area contributed by atoms with Crippen molar-refractivity contribution in [3.8, 4) is 0 Å². The molecule has 4 heteroatoms. The number of Topliss-reactive ketones (excluding diaryl/α,β-unsaturated/α-hetero) is 1. The van der Waals surface area contributed by atoms with Crippen molar-refractivity contribution in [3.05, 3.63) is 34.6 Å². The zero-order chi connectivity index (χ0) is 10.3. The summed E-state index contributed by atoms with van der Waals surface area (Å²) in [5.41, 5.74) is 0.00722. The Hall–Kier alpha value is -1.32. The summed E-state index contributed by atoms with van der Waals surface area (Å²) >= 11 is 0. The lowest BCUT2D eigenvalue weighted by atomic mass is 9.90. The van der Waals surface area contributed by atoms with E-state index in [0.717, 1.165) is 6.07 Å². The minimum atomic E-state index is -1.49. The van der Waals surface area contributed by atoms with Crippen LogP contribution in [-0.4, -0.2) is 5.78 Å². The summed E-state index contributed by atoms with van der Waals surface area (Å²) in [7, 11) is 0. The maximum absolute atomic E-state index is 13.2. The molecule has 2 rings (SSSR count). The summed E-state index contributed by atoms with van der Waals surface area (Å²) in [5.74, 6) is -4.31. The van der Waals surface area contributed by atoms with E-state index in [1.807, 2.05) is 0 Å². The van der Waals surface area contributed by atoms with Crippen molar-refractivity contribution in [2.75, 3.05) is 0 Å². The summed E-state index contributed by atoms with van der Waals surface area (Å²) in [4.78, 5) is 11.2. The molecule has 0 amide bonds. The van der Waals surface area contributed by atoms with E-state index in [1.54, 1.807) is 0 Å². The Morgan fingerprint density at radius 3 is 2.50 bits per heavy atom. The molecule has 1 nitrogen and oxygen atoms in total. The van der Waals surface area contributed by atoms with Crippen LogP contribution in [-0.2, 0) is 6.42 Å². The van der Waals surface area contributed by atoms with Crippen LogP contribution in [0.2, 0.25) is 0 Å². The van der Waals surface area contributed by atoms with Gasteiger partial charge in [0.1, 0.15) is 0 Å². The number of hydrogen-bond donors (Lipinski definition) is 0. The molecule has 74 valence electrons. The summed E-state index contributed by atoms with van der Waals surface area (Å²) in [6, 6.07) is 0.787. The number of hydrogen-bond acceptors (Lipinski definition) is 1. The fourth-order valence-electron chi connectivity index (χ4n) is 1.69. The second-order valence-electron chi connectivity index (χ2n) is 3.29. The molecule has 0 N–H and O–H groups in total. The highest BCUT2D eigenvalue weighted by Gasteiger charge is 2.25. The standard InChI is InChI=1S/C10H7F3O/c11-7-4-6-5(9(12)10(7)13)2-1-3-8(6)14/h4H,1-3H2. The van der Waals surface area contributed by atoms with Gasteiger partial charge in [-0.1, -0.05) is 0 Å². The summed E-state index contributed by atoms with van der Waals surface area (Å²) in [6.45, 7) is 0. The molecule has 1 aromatic carbocycles. The molecular weight excluding hydrogens is 193 g/mol. The Morgan fingerprint density at radius 1 is 1.07 bits per heavy atom. The Labute approximate surface area is 78.5 Å². The van der Waals surface area contributed by atoms with Gasteiger partial charge >= 0.3 is 0 Å². The number of carbonyl (C=O) groups excluding carboxylic acids is 1. The fourth-order valence-corrected chi connectivity index (χ4v) is 1.69. The second kappa shape index (κ2) is 3.12. The number of halogens is 3. The molecule has 0 saturated heterocycles. The Morgan fingerprint density at radius 2 is 1.79 bits per heavy atom. The normalized spacial score (nSPS) is 15.5. The van der Waals surface area contributed by atoms with Gasteiger partial charge in [-0.2, -0.15) is 0 Å². The molecule has 1 aromatic rings. The number of benzene rings is 1. The van der Waals surface area contributed by atoms with Crippen molar-refractivity contribution >= 4 is 5.78 Å². The first-order chi connectivity index (χ1) is 6.61. The van der Waals surface area contributed by atoms with Gasteiger partial charge in [0.25, 0.3) is 0 Å². The average Bonchev–Trinajstić information content (AvgIpc) is 2.17. The molecule has 1 aliphatic carbocycles. The second-order valence-corrected chi connectivity index (χ2v) is 3.29. The highest BCUT2D eigenvalue weighted by atomic mass is 19.2. The van der Waals surface area contributed by atoms with E-state index in [4.69, 9.17) is 0 Å². The predicted molar refractivity (Wildman–Crippen MR) is 43.6 cm³/mol. The van der Waals surface area contributed by atoms with Gasteiger partial charge in [-0.3, -0.25) is 4.79 Å². The Balaban J connectivity index is 2.69. The minimum Gasteiger partial charge on any atom is -0.294 e. The third kappa shape index (κ3) is 1.22. The minimum absolute atomic E-state index is 0.00681. The number of rotatable bonds is 0. The molecule has 0 aliphatic heterocycles. The molecule has 0 fully saturated rings. The van der Waals surface area contributed by atoms with Crippen LogP contribution in [0, 0.1) is 17.5 Å². The van der Waals surface area contributed by atoms with Gasteiger partial charge in [-0.25, -0.2) is 13.2 Å². The topological polar surface area (TPSA) is 17.1 Å². The molecule has 0 atom stereocenters. The van der Waals surface area contributed by atoms with Crippen LogP contribution in [0.15, 0.2) is 6.07 Å². The molecule has 0 aromatic heterocycles. The smallest absolute Gasteiger partial charge is 0.194 e. The van der Waals surface area contributed by atoms with E-state index in [0.29, 0.717) is 12.8 Å². The summed E-state index contributed by atoms with van der Waals surface area (Å²) < 4.78 is 38.7. The van der Waals surface area contributed by atoms with Crippen molar-refractivity contribution in [3.63, 3.8) is 0 Å². The van der Waals surface area contributed by atoms with Gasteiger partial charge in [0, 0.05) is 17.5 Å².